The van der Waals surface area contributed by atoms with E-state index in [1.165, 1.54) is 10.9 Å². The fourth-order valence-corrected chi connectivity index (χ4v) is 4.94. The molecule has 0 saturated carbocycles. The second-order valence-electron chi connectivity index (χ2n) is 8.16. The molecule has 156 valence electrons. The molecule has 0 spiro atoms. The number of piperidine rings is 1. The molecule has 0 radical (unpaired) electrons. The summed E-state index contributed by atoms with van der Waals surface area (Å²) in [6, 6.07) is 14.0. The van der Waals surface area contributed by atoms with Crippen molar-refractivity contribution < 1.29 is 9.84 Å². The third kappa shape index (κ3) is 3.47. The van der Waals surface area contributed by atoms with E-state index in [0.717, 1.165) is 53.1 Å². The van der Waals surface area contributed by atoms with E-state index in [-0.39, 0.29) is 6.23 Å². The Labute approximate surface area is 180 Å². The molecule has 1 saturated heterocycles. The number of para-hydroxylation sites is 1. The van der Waals surface area contributed by atoms with E-state index < -0.39 is 6.10 Å². The van der Waals surface area contributed by atoms with E-state index in [9.17, 15) is 5.11 Å². The highest BCUT2D eigenvalue weighted by Gasteiger charge is 2.31. The summed E-state index contributed by atoms with van der Waals surface area (Å²) in [6.07, 6.45) is 5.08. The van der Waals surface area contributed by atoms with Crippen molar-refractivity contribution in [1.29, 1.82) is 0 Å². The van der Waals surface area contributed by atoms with Crippen LogP contribution in [0.1, 0.15) is 31.2 Å². The van der Waals surface area contributed by atoms with Crippen molar-refractivity contribution in [3.8, 4) is 5.75 Å². The molecule has 5 rings (SSSR count). The summed E-state index contributed by atoms with van der Waals surface area (Å²) in [7, 11) is 0. The lowest BCUT2D eigenvalue weighted by Gasteiger charge is -2.38. The summed E-state index contributed by atoms with van der Waals surface area (Å²) >= 11 is 6.33. The van der Waals surface area contributed by atoms with Crippen LogP contribution in [0, 0.1) is 0 Å². The zero-order valence-electron chi connectivity index (χ0n) is 16.9. The molecule has 2 unspecified atom stereocenters. The van der Waals surface area contributed by atoms with E-state index in [2.05, 4.69) is 27.1 Å². The van der Waals surface area contributed by atoms with Crippen molar-refractivity contribution in [3.05, 3.63) is 65.4 Å². The average Bonchev–Trinajstić information content (AvgIpc) is 3.40. The van der Waals surface area contributed by atoms with Crippen molar-refractivity contribution in [3.63, 3.8) is 0 Å². The zero-order chi connectivity index (χ0) is 20.7. The maximum absolute atomic E-state index is 10.5. The van der Waals surface area contributed by atoms with Crippen LogP contribution in [0.25, 0.3) is 21.8 Å². The topological polar surface area (TPSA) is 64.3 Å². The Kier molecular flexibility index (Phi) is 5.19. The molecule has 3 N–H and O–H groups in total. The van der Waals surface area contributed by atoms with Crippen molar-refractivity contribution in [2.75, 3.05) is 13.1 Å². The monoisotopic (exact) mass is 423 g/mol. The molecule has 2 aromatic heterocycles. The van der Waals surface area contributed by atoms with Crippen LogP contribution in [0.2, 0.25) is 5.02 Å². The van der Waals surface area contributed by atoms with Gasteiger partial charge in [-0.25, -0.2) is 0 Å². The normalized spacial score (nSPS) is 18.1. The number of H-pyrrole nitrogens is 2. The van der Waals surface area contributed by atoms with Gasteiger partial charge in [-0.15, -0.1) is 0 Å². The molecule has 5 nitrogen and oxygen atoms in total. The van der Waals surface area contributed by atoms with Crippen LogP contribution < -0.4 is 4.74 Å². The molecule has 0 aliphatic carbocycles. The second kappa shape index (κ2) is 7.99. The van der Waals surface area contributed by atoms with Crippen LogP contribution in [0.5, 0.6) is 5.75 Å². The van der Waals surface area contributed by atoms with Gasteiger partial charge in [-0.1, -0.05) is 29.8 Å². The highest BCUT2D eigenvalue weighted by molar-refractivity contribution is 6.35. The fourth-order valence-electron chi connectivity index (χ4n) is 4.71. The number of aromatic nitrogens is 2. The SMILES string of the molecule is CC(O)C(Oc1cccc2[nH]ccc12)N1CCC(c2c[nH]c3c(Cl)cccc23)CC1. The van der Waals surface area contributed by atoms with Gasteiger partial charge in [0.15, 0.2) is 6.23 Å². The van der Waals surface area contributed by atoms with E-state index >= 15 is 0 Å². The van der Waals surface area contributed by atoms with E-state index in [0.29, 0.717) is 5.92 Å². The van der Waals surface area contributed by atoms with Gasteiger partial charge in [-0.2, -0.15) is 0 Å². The first kappa shape index (κ1) is 19.5. The van der Waals surface area contributed by atoms with Crippen molar-refractivity contribution in [1.82, 2.24) is 14.9 Å². The highest BCUT2D eigenvalue weighted by Crippen LogP contribution is 2.36. The smallest absolute Gasteiger partial charge is 0.178 e. The Morgan fingerprint density at radius 2 is 1.87 bits per heavy atom. The lowest BCUT2D eigenvalue weighted by Crippen LogP contribution is -2.49. The number of benzene rings is 2. The lowest BCUT2D eigenvalue weighted by atomic mass is 9.89. The predicted molar refractivity (Wildman–Crippen MR) is 121 cm³/mol. The maximum atomic E-state index is 10.5. The largest absolute Gasteiger partial charge is 0.472 e. The standard InChI is InChI=1S/C24H26ClN3O2/c1-15(29)24(30-22-7-3-6-21-18(22)8-11-26-21)28-12-9-16(10-13-28)19-14-27-23-17(19)4-2-5-20(23)25/h2-8,11,14-16,24,26-27,29H,9-10,12-13H2,1H3. The van der Waals surface area contributed by atoms with Gasteiger partial charge >= 0.3 is 0 Å². The van der Waals surface area contributed by atoms with Gasteiger partial charge in [0.2, 0.25) is 0 Å². The number of ether oxygens (including phenoxy) is 1. The summed E-state index contributed by atoms with van der Waals surface area (Å²) in [5.41, 5.74) is 3.38. The van der Waals surface area contributed by atoms with Gasteiger partial charge in [-0.3, -0.25) is 4.90 Å². The third-order valence-corrected chi connectivity index (χ3v) is 6.56. The summed E-state index contributed by atoms with van der Waals surface area (Å²) in [5, 5.41) is 13.5. The van der Waals surface area contributed by atoms with Gasteiger partial charge in [0, 0.05) is 41.8 Å². The van der Waals surface area contributed by atoms with Gasteiger partial charge in [-0.05, 0) is 55.5 Å². The average molecular weight is 424 g/mol. The molecular formula is C24H26ClN3O2. The third-order valence-electron chi connectivity index (χ3n) is 6.24. The highest BCUT2D eigenvalue weighted by atomic mass is 35.5. The maximum Gasteiger partial charge on any atom is 0.178 e. The van der Waals surface area contributed by atoms with E-state index in [1.54, 1.807) is 6.92 Å². The molecule has 1 aliphatic rings. The van der Waals surface area contributed by atoms with E-state index in [1.807, 2.05) is 42.6 Å². The quantitative estimate of drug-likeness (QED) is 0.410. The molecule has 1 fully saturated rings. The number of nitrogens with one attached hydrogen (secondary N) is 2. The van der Waals surface area contributed by atoms with Crippen LogP contribution in [0.3, 0.4) is 0 Å². The Morgan fingerprint density at radius 3 is 2.67 bits per heavy atom. The van der Waals surface area contributed by atoms with Crippen molar-refractivity contribution in [2.24, 2.45) is 0 Å². The van der Waals surface area contributed by atoms with Gasteiger partial charge in [0.05, 0.1) is 10.5 Å². The molecule has 2 aromatic carbocycles. The number of halogens is 1. The second-order valence-corrected chi connectivity index (χ2v) is 8.57. The molecule has 2 atom stereocenters. The minimum absolute atomic E-state index is 0.371. The Hall–Kier alpha value is -2.47. The van der Waals surface area contributed by atoms with Gasteiger partial charge in [0.25, 0.3) is 0 Å². The van der Waals surface area contributed by atoms with Crippen LogP contribution in [0.15, 0.2) is 54.9 Å². The van der Waals surface area contributed by atoms with Crippen molar-refractivity contribution in [2.45, 2.75) is 38.0 Å². The number of aromatic amines is 2. The minimum Gasteiger partial charge on any atom is -0.472 e. The van der Waals surface area contributed by atoms with Crippen LogP contribution in [-0.2, 0) is 0 Å². The van der Waals surface area contributed by atoms with E-state index in [4.69, 9.17) is 16.3 Å². The number of hydrogen-bond acceptors (Lipinski definition) is 3. The number of fused-ring (bicyclic) bond motifs is 2. The number of nitrogens with zero attached hydrogens (tertiary/aromatic N) is 1. The summed E-state index contributed by atoms with van der Waals surface area (Å²) < 4.78 is 6.33. The number of aliphatic hydroxyl groups excluding tert-OH is 1. The molecule has 3 heterocycles. The lowest BCUT2D eigenvalue weighted by molar-refractivity contribution is -0.0663. The number of hydrogen-bond donors (Lipinski definition) is 3. The van der Waals surface area contributed by atoms with Crippen LogP contribution in [-0.4, -0.2) is 45.4 Å². The molecule has 30 heavy (non-hydrogen) atoms. The Morgan fingerprint density at radius 1 is 1.07 bits per heavy atom. The fraction of sp³-hybridized carbons (Fsp3) is 0.333. The molecule has 0 bridgehead atoms. The van der Waals surface area contributed by atoms with Crippen LogP contribution in [0.4, 0.5) is 0 Å². The molecule has 0 amide bonds. The molecular weight excluding hydrogens is 398 g/mol. The molecule has 1 aliphatic heterocycles. The predicted octanol–water partition coefficient (Wildman–Crippen LogP) is 5.27. The summed E-state index contributed by atoms with van der Waals surface area (Å²) in [5.74, 6) is 1.27. The minimum atomic E-state index is -0.595. The first-order valence-corrected chi connectivity index (χ1v) is 10.9. The summed E-state index contributed by atoms with van der Waals surface area (Å²) in [4.78, 5) is 8.81. The zero-order valence-corrected chi connectivity index (χ0v) is 17.7. The van der Waals surface area contributed by atoms with Gasteiger partial charge in [0.1, 0.15) is 11.9 Å². The summed E-state index contributed by atoms with van der Waals surface area (Å²) in [6.45, 7) is 3.54. The Bertz CT molecular complexity index is 1160. The van der Waals surface area contributed by atoms with Gasteiger partial charge < -0.3 is 19.8 Å². The number of rotatable bonds is 5. The first-order valence-electron chi connectivity index (χ1n) is 10.5. The molecule has 6 heteroatoms. The van der Waals surface area contributed by atoms with Crippen molar-refractivity contribution >= 4 is 33.4 Å². The Balaban J connectivity index is 1.32. The molecule has 4 aromatic rings. The first-order chi connectivity index (χ1) is 14.6. The van der Waals surface area contributed by atoms with Crippen LogP contribution >= 0.6 is 11.6 Å². The number of aliphatic hydroxyl groups is 1. The number of likely N-dealkylation sites (tertiary alicyclic amines) is 1.